The van der Waals surface area contributed by atoms with Gasteiger partial charge in [-0.2, -0.15) is 0 Å². The molecule has 1 heterocycles. The monoisotopic (exact) mass is 438 g/mol. The Hall–Kier alpha value is -2.23. The van der Waals surface area contributed by atoms with Crippen LogP contribution in [0.2, 0.25) is 0 Å². The lowest BCUT2D eigenvalue weighted by molar-refractivity contribution is 0.318. The Balaban J connectivity index is 2.56. The Morgan fingerprint density at radius 3 is 2.53 bits per heavy atom. The predicted octanol–water partition coefficient (Wildman–Crippen LogP) is 2.13. The first kappa shape index (κ1) is 24.0. The second kappa shape index (κ2) is 9.28. The molecule has 0 saturated heterocycles. The second-order valence-electron chi connectivity index (χ2n) is 8.23. The van der Waals surface area contributed by atoms with Crippen molar-refractivity contribution >= 4 is 21.2 Å². The highest BCUT2D eigenvalue weighted by molar-refractivity contribution is 7.92. The van der Waals surface area contributed by atoms with Gasteiger partial charge in [0.25, 0.3) is 0 Å². The molecular weight excluding hydrogens is 404 g/mol. The normalized spacial score (nSPS) is 15.9. The van der Waals surface area contributed by atoms with Crippen LogP contribution in [0.3, 0.4) is 0 Å². The molecule has 0 amide bonds. The van der Waals surface area contributed by atoms with Crippen LogP contribution in [0.5, 0.6) is 5.75 Å². The largest absolute Gasteiger partial charge is 0.495 e. The van der Waals surface area contributed by atoms with E-state index < -0.39 is 14.6 Å². The number of rotatable bonds is 8. The van der Waals surface area contributed by atoms with Gasteiger partial charge in [0.2, 0.25) is 0 Å². The lowest BCUT2D eigenvalue weighted by Gasteiger charge is -2.29. The Bertz CT molecular complexity index is 940. The van der Waals surface area contributed by atoms with E-state index in [1.54, 1.807) is 32.9 Å². The van der Waals surface area contributed by atoms with Crippen LogP contribution >= 0.6 is 0 Å². The van der Waals surface area contributed by atoms with Crippen molar-refractivity contribution in [1.29, 1.82) is 0 Å². The highest BCUT2D eigenvalue weighted by Crippen LogP contribution is 2.39. The van der Waals surface area contributed by atoms with E-state index in [1.165, 1.54) is 7.11 Å². The van der Waals surface area contributed by atoms with Crippen LogP contribution < -0.4 is 26.6 Å². The molecule has 1 aliphatic rings. The summed E-state index contributed by atoms with van der Waals surface area (Å²) in [4.78, 5) is 0.160. The number of fused-ring (bicyclic) bond motifs is 1. The van der Waals surface area contributed by atoms with Crippen LogP contribution in [0.25, 0.3) is 5.70 Å². The summed E-state index contributed by atoms with van der Waals surface area (Å²) in [5, 5.41) is 16.3. The first-order chi connectivity index (χ1) is 14.0. The van der Waals surface area contributed by atoms with E-state index in [4.69, 9.17) is 10.6 Å². The van der Waals surface area contributed by atoms with Crippen molar-refractivity contribution in [2.75, 3.05) is 25.6 Å². The van der Waals surface area contributed by atoms with Gasteiger partial charge in [0.1, 0.15) is 10.6 Å². The minimum Gasteiger partial charge on any atom is -0.495 e. The van der Waals surface area contributed by atoms with Crippen molar-refractivity contribution < 1.29 is 18.3 Å². The van der Waals surface area contributed by atoms with Gasteiger partial charge in [-0.15, -0.1) is 0 Å². The van der Waals surface area contributed by atoms with Crippen LogP contribution in [0.4, 0.5) is 5.69 Å². The third-order valence-electron chi connectivity index (χ3n) is 5.36. The van der Waals surface area contributed by atoms with Gasteiger partial charge < -0.3 is 25.9 Å². The third-order valence-corrected chi connectivity index (χ3v) is 7.87. The number of aliphatic hydroxyl groups is 1. The predicted molar refractivity (Wildman–Crippen MR) is 121 cm³/mol. The number of hydrogen-bond acceptors (Lipinski definition) is 8. The molecule has 8 nitrogen and oxygen atoms in total. The molecule has 168 valence electrons. The Morgan fingerprint density at radius 2 is 2.03 bits per heavy atom. The summed E-state index contributed by atoms with van der Waals surface area (Å²) in [5.74, 6) is 5.84. The van der Waals surface area contributed by atoms with Crippen LogP contribution in [-0.4, -0.2) is 44.6 Å². The highest BCUT2D eigenvalue weighted by Gasteiger charge is 2.35. The summed E-state index contributed by atoms with van der Waals surface area (Å²) in [7, 11) is -2.15. The third kappa shape index (κ3) is 4.58. The molecule has 1 atom stereocenters. The van der Waals surface area contributed by atoms with Gasteiger partial charge in [0.05, 0.1) is 24.2 Å². The summed E-state index contributed by atoms with van der Waals surface area (Å²) in [6, 6.07) is 3.30. The number of nitrogens with two attached hydrogens (primary N) is 1. The average molecular weight is 439 g/mol. The zero-order valence-electron chi connectivity index (χ0n) is 18.6. The number of ether oxygens (including phenoxy) is 1. The Kier molecular flexibility index (Phi) is 7.44. The van der Waals surface area contributed by atoms with Crippen molar-refractivity contribution in [2.24, 2.45) is 5.84 Å². The number of sulfone groups is 1. The van der Waals surface area contributed by atoms with Gasteiger partial charge in [-0.05, 0) is 51.8 Å². The minimum absolute atomic E-state index is 0.0924. The number of hydrogen-bond donors (Lipinski definition) is 5. The number of hydrazine groups is 1. The topological polar surface area (TPSA) is 126 Å². The molecule has 0 spiro atoms. The molecule has 0 radical (unpaired) electrons. The van der Waals surface area contributed by atoms with Crippen molar-refractivity contribution in [1.82, 2.24) is 10.7 Å². The smallest absolute Gasteiger partial charge is 0.186 e. The van der Waals surface area contributed by atoms with Crippen molar-refractivity contribution in [3.63, 3.8) is 0 Å². The van der Waals surface area contributed by atoms with E-state index in [0.717, 1.165) is 28.9 Å². The molecule has 9 heteroatoms. The Labute approximate surface area is 179 Å². The van der Waals surface area contributed by atoms with Gasteiger partial charge in [0, 0.05) is 35.6 Å². The maximum Gasteiger partial charge on any atom is 0.186 e. The summed E-state index contributed by atoms with van der Waals surface area (Å²) >= 11 is 0. The Morgan fingerprint density at radius 1 is 1.37 bits per heavy atom. The van der Waals surface area contributed by atoms with E-state index >= 15 is 0 Å². The zero-order valence-corrected chi connectivity index (χ0v) is 19.4. The molecule has 6 N–H and O–H groups in total. The molecule has 1 unspecified atom stereocenters. The molecule has 0 aromatic heterocycles. The van der Waals surface area contributed by atoms with E-state index in [9.17, 15) is 13.5 Å². The maximum atomic E-state index is 13.2. The fraction of sp³-hybridized carbons (Fsp3) is 0.524. The molecule has 0 bridgehead atoms. The second-order valence-corrected chi connectivity index (χ2v) is 10.9. The van der Waals surface area contributed by atoms with Crippen molar-refractivity contribution in [3.8, 4) is 5.75 Å². The summed E-state index contributed by atoms with van der Waals surface area (Å²) in [6.45, 7) is 9.34. The first-order valence-electron chi connectivity index (χ1n) is 9.96. The molecule has 0 aliphatic carbocycles. The van der Waals surface area contributed by atoms with Crippen LogP contribution in [0.1, 0.15) is 46.6 Å². The molecule has 30 heavy (non-hydrogen) atoms. The number of aliphatic hydroxyl groups excluding tert-OH is 1. The van der Waals surface area contributed by atoms with Crippen LogP contribution in [0, 0.1) is 0 Å². The number of benzene rings is 1. The van der Waals surface area contributed by atoms with E-state index in [1.807, 2.05) is 19.9 Å². The summed E-state index contributed by atoms with van der Waals surface area (Å²) in [5.41, 5.74) is 6.35. The van der Waals surface area contributed by atoms with Crippen molar-refractivity contribution in [3.05, 3.63) is 35.0 Å². The lowest BCUT2D eigenvalue weighted by atomic mass is 10.00. The fourth-order valence-corrected chi connectivity index (χ4v) is 4.68. The van der Waals surface area contributed by atoms with E-state index in [2.05, 4.69) is 16.1 Å². The molecular formula is C21H34N4O4S. The van der Waals surface area contributed by atoms with Gasteiger partial charge in [-0.25, -0.2) is 8.42 Å². The maximum absolute atomic E-state index is 13.2. The van der Waals surface area contributed by atoms with Crippen LogP contribution in [0.15, 0.2) is 34.4 Å². The summed E-state index contributed by atoms with van der Waals surface area (Å²) in [6.07, 6.45) is 2.73. The van der Waals surface area contributed by atoms with Crippen molar-refractivity contribution in [2.45, 2.75) is 56.7 Å². The number of anilines is 1. The zero-order chi connectivity index (χ0) is 22.7. The standard InChI is InChI=1S/C21H34N4O4S/c1-7-15(13(2)18(12-26)25-22)24-16-8-9-23-17-11-19(29-6)20(10-14(16)17)30(27,28)21(3,4)5/h8,10-11,15,23-26H,7,9,12,22H2,1-6H3/b18-13-. The number of methoxy groups -OCH3 is 1. The molecule has 2 rings (SSSR count). The van der Waals surface area contributed by atoms with Gasteiger partial charge >= 0.3 is 0 Å². The fourth-order valence-electron chi connectivity index (χ4n) is 3.34. The molecule has 0 fully saturated rings. The van der Waals surface area contributed by atoms with E-state index in [-0.39, 0.29) is 17.5 Å². The molecule has 0 saturated carbocycles. The average Bonchev–Trinajstić information content (AvgIpc) is 2.70. The lowest BCUT2D eigenvalue weighted by Crippen LogP contribution is -2.34. The van der Waals surface area contributed by atoms with Gasteiger partial charge in [-0.3, -0.25) is 5.84 Å². The quantitative estimate of drug-likeness (QED) is 0.309. The van der Waals surface area contributed by atoms with Gasteiger partial charge in [0.15, 0.2) is 9.84 Å². The summed E-state index contributed by atoms with van der Waals surface area (Å²) < 4.78 is 30.8. The molecule has 1 aliphatic heterocycles. The molecule has 1 aromatic carbocycles. The molecule has 1 aromatic rings. The minimum atomic E-state index is -3.62. The SMILES string of the molecule is CCC(NC1=CCNc2cc(OC)c(S(=O)(=O)C(C)(C)C)cc21)/C(C)=C(/CO)NN. The number of nitrogens with one attached hydrogen (secondary N) is 3. The highest BCUT2D eigenvalue weighted by atomic mass is 32.2. The van der Waals surface area contributed by atoms with Crippen LogP contribution in [-0.2, 0) is 9.84 Å². The van der Waals surface area contributed by atoms with Gasteiger partial charge in [-0.1, -0.05) is 6.92 Å². The first-order valence-corrected chi connectivity index (χ1v) is 11.4. The van der Waals surface area contributed by atoms with E-state index in [0.29, 0.717) is 18.0 Å².